The fourth-order valence-corrected chi connectivity index (χ4v) is 2.66. The van der Waals surface area contributed by atoms with Gasteiger partial charge in [0.1, 0.15) is 6.54 Å². The summed E-state index contributed by atoms with van der Waals surface area (Å²) in [6, 6.07) is 1.99. The van der Waals surface area contributed by atoms with Crippen molar-refractivity contribution in [2.24, 2.45) is 0 Å². The Bertz CT molecular complexity index is 487. The third kappa shape index (κ3) is 4.31. The molecule has 0 amide bonds. The van der Waals surface area contributed by atoms with E-state index in [2.05, 4.69) is 9.97 Å². The molecule has 1 heterocycles. The molecule has 6 nitrogen and oxygen atoms in total. The highest BCUT2D eigenvalue weighted by molar-refractivity contribution is 5.73. The molecule has 1 aliphatic rings. The predicted molar refractivity (Wildman–Crippen MR) is 79.8 cm³/mol. The smallest absolute Gasteiger partial charge is 0.323 e. The Morgan fingerprint density at radius 2 is 2.14 bits per heavy atom. The normalized spacial score (nSPS) is 15.1. The van der Waals surface area contributed by atoms with Crippen molar-refractivity contribution in [2.45, 2.75) is 52.0 Å². The van der Waals surface area contributed by atoms with Gasteiger partial charge in [-0.1, -0.05) is 19.8 Å². The Morgan fingerprint density at radius 3 is 2.76 bits per heavy atom. The molecular weight excluding hydrogens is 270 g/mol. The van der Waals surface area contributed by atoms with E-state index < -0.39 is 5.97 Å². The van der Waals surface area contributed by atoms with Gasteiger partial charge in [-0.3, -0.25) is 4.79 Å². The first-order valence-corrected chi connectivity index (χ1v) is 7.57. The first-order chi connectivity index (χ1) is 10.1. The number of anilines is 1. The Balaban J connectivity index is 2.24. The van der Waals surface area contributed by atoms with Gasteiger partial charge in [-0.05, 0) is 26.2 Å². The topological polar surface area (TPSA) is 75.5 Å². The SMILES string of the molecule is CCCOc1cc(C)nc(N(CC(=O)O)C2CCCC2)n1. The largest absolute Gasteiger partial charge is 0.480 e. The van der Waals surface area contributed by atoms with Gasteiger partial charge in [-0.15, -0.1) is 0 Å². The van der Waals surface area contributed by atoms with Gasteiger partial charge in [-0.25, -0.2) is 4.98 Å². The molecule has 1 aliphatic carbocycles. The van der Waals surface area contributed by atoms with Gasteiger partial charge in [-0.2, -0.15) is 4.98 Å². The highest BCUT2D eigenvalue weighted by Gasteiger charge is 2.27. The van der Waals surface area contributed by atoms with E-state index in [4.69, 9.17) is 9.84 Å². The summed E-state index contributed by atoms with van der Waals surface area (Å²) < 4.78 is 5.57. The van der Waals surface area contributed by atoms with E-state index in [0.29, 0.717) is 18.4 Å². The quantitative estimate of drug-likeness (QED) is 0.832. The number of aromatic nitrogens is 2. The third-order valence-corrected chi connectivity index (χ3v) is 3.60. The maximum atomic E-state index is 11.2. The fourth-order valence-electron chi connectivity index (χ4n) is 2.66. The average Bonchev–Trinajstić information content (AvgIpc) is 2.95. The molecule has 0 radical (unpaired) electrons. The van der Waals surface area contributed by atoms with Gasteiger partial charge < -0.3 is 14.7 Å². The van der Waals surface area contributed by atoms with Crippen LogP contribution in [0.1, 0.15) is 44.7 Å². The highest BCUT2D eigenvalue weighted by Crippen LogP contribution is 2.27. The molecule has 1 fully saturated rings. The summed E-state index contributed by atoms with van der Waals surface area (Å²) in [6.45, 7) is 4.43. The molecule has 0 aliphatic heterocycles. The van der Waals surface area contributed by atoms with Crippen molar-refractivity contribution in [3.05, 3.63) is 11.8 Å². The number of aryl methyl sites for hydroxylation is 1. The van der Waals surface area contributed by atoms with E-state index in [0.717, 1.165) is 37.8 Å². The zero-order chi connectivity index (χ0) is 15.2. The second-order valence-electron chi connectivity index (χ2n) is 5.46. The summed E-state index contributed by atoms with van der Waals surface area (Å²) >= 11 is 0. The number of rotatable bonds is 7. The maximum absolute atomic E-state index is 11.2. The number of carboxylic acid groups (broad SMARTS) is 1. The van der Waals surface area contributed by atoms with E-state index in [-0.39, 0.29) is 12.6 Å². The van der Waals surface area contributed by atoms with E-state index in [1.807, 2.05) is 13.8 Å². The van der Waals surface area contributed by atoms with E-state index in [9.17, 15) is 4.79 Å². The standard InChI is InChI=1S/C15H23N3O3/c1-3-8-21-13-9-11(2)16-15(17-13)18(10-14(19)20)12-6-4-5-7-12/h9,12H,3-8,10H2,1-2H3,(H,19,20). The predicted octanol–water partition coefficient (Wildman–Crippen LogP) is 2.41. The molecule has 6 heteroatoms. The lowest BCUT2D eigenvalue weighted by molar-refractivity contribution is -0.135. The van der Waals surface area contributed by atoms with Crippen LogP contribution >= 0.6 is 0 Å². The zero-order valence-corrected chi connectivity index (χ0v) is 12.7. The number of nitrogens with zero attached hydrogens (tertiary/aromatic N) is 3. The number of aliphatic carboxylic acids is 1. The van der Waals surface area contributed by atoms with Gasteiger partial charge in [0.15, 0.2) is 0 Å². The van der Waals surface area contributed by atoms with Crippen LogP contribution in [0.4, 0.5) is 5.95 Å². The molecule has 1 N–H and O–H groups in total. The number of hydrogen-bond donors (Lipinski definition) is 1. The molecule has 0 spiro atoms. The van der Waals surface area contributed by atoms with Crippen LogP contribution in [0.15, 0.2) is 6.07 Å². The van der Waals surface area contributed by atoms with Gasteiger partial charge in [0.2, 0.25) is 11.8 Å². The van der Waals surface area contributed by atoms with Gasteiger partial charge >= 0.3 is 5.97 Å². The Labute approximate surface area is 125 Å². The Morgan fingerprint density at radius 1 is 1.43 bits per heavy atom. The van der Waals surface area contributed by atoms with E-state index >= 15 is 0 Å². The first-order valence-electron chi connectivity index (χ1n) is 7.57. The molecule has 0 unspecified atom stereocenters. The average molecular weight is 293 g/mol. The lowest BCUT2D eigenvalue weighted by Crippen LogP contribution is -2.39. The molecule has 21 heavy (non-hydrogen) atoms. The second kappa shape index (κ2) is 7.24. The Hall–Kier alpha value is -1.85. The van der Waals surface area contributed by atoms with Crippen molar-refractivity contribution in [1.82, 2.24) is 9.97 Å². The van der Waals surface area contributed by atoms with Crippen molar-refractivity contribution >= 4 is 11.9 Å². The third-order valence-electron chi connectivity index (χ3n) is 3.60. The van der Waals surface area contributed by atoms with Crippen molar-refractivity contribution in [3.63, 3.8) is 0 Å². The lowest BCUT2D eigenvalue weighted by Gasteiger charge is -2.27. The second-order valence-corrected chi connectivity index (χ2v) is 5.46. The van der Waals surface area contributed by atoms with Crippen molar-refractivity contribution in [1.29, 1.82) is 0 Å². The number of carbonyl (C=O) groups is 1. The van der Waals surface area contributed by atoms with Crippen LogP contribution in [0.3, 0.4) is 0 Å². The Kier molecular flexibility index (Phi) is 5.36. The minimum Gasteiger partial charge on any atom is -0.480 e. The summed E-state index contributed by atoms with van der Waals surface area (Å²) in [7, 11) is 0. The number of ether oxygens (including phenoxy) is 1. The van der Waals surface area contributed by atoms with Crippen LogP contribution in [-0.2, 0) is 4.79 Å². The molecule has 1 aromatic heterocycles. The van der Waals surface area contributed by atoms with Crippen LogP contribution in [0.5, 0.6) is 5.88 Å². The minimum atomic E-state index is -0.858. The molecule has 0 bridgehead atoms. The molecule has 116 valence electrons. The highest BCUT2D eigenvalue weighted by atomic mass is 16.5. The molecule has 1 saturated carbocycles. The molecule has 0 saturated heterocycles. The van der Waals surface area contributed by atoms with Crippen molar-refractivity contribution in [2.75, 3.05) is 18.1 Å². The van der Waals surface area contributed by atoms with Crippen molar-refractivity contribution < 1.29 is 14.6 Å². The van der Waals surface area contributed by atoms with Gasteiger partial charge in [0.05, 0.1) is 6.61 Å². The summed E-state index contributed by atoms with van der Waals surface area (Å²) in [5.41, 5.74) is 0.791. The van der Waals surface area contributed by atoms with E-state index in [1.54, 1.807) is 11.0 Å². The minimum absolute atomic E-state index is 0.0681. The summed E-state index contributed by atoms with van der Waals surface area (Å²) in [6.07, 6.45) is 5.16. The summed E-state index contributed by atoms with van der Waals surface area (Å²) in [5.74, 6) is 0.131. The maximum Gasteiger partial charge on any atom is 0.323 e. The summed E-state index contributed by atoms with van der Waals surface area (Å²) in [4.78, 5) is 21.8. The van der Waals surface area contributed by atoms with Gasteiger partial charge in [0.25, 0.3) is 0 Å². The van der Waals surface area contributed by atoms with Crippen LogP contribution in [0, 0.1) is 6.92 Å². The van der Waals surface area contributed by atoms with Crippen LogP contribution in [0.2, 0.25) is 0 Å². The van der Waals surface area contributed by atoms with E-state index in [1.165, 1.54) is 0 Å². The lowest BCUT2D eigenvalue weighted by atomic mass is 10.2. The number of hydrogen-bond acceptors (Lipinski definition) is 5. The first kappa shape index (κ1) is 15.5. The summed E-state index contributed by atoms with van der Waals surface area (Å²) in [5, 5.41) is 9.16. The molecule has 1 aromatic rings. The molecule has 0 aromatic carbocycles. The molecule has 2 rings (SSSR count). The van der Waals surface area contributed by atoms with Crippen molar-refractivity contribution in [3.8, 4) is 5.88 Å². The molecule has 0 atom stereocenters. The van der Waals surface area contributed by atoms with Crippen LogP contribution in [-0.4, -0.2) is 40.2 Å². The molecular formula is C15H23N3O3. The number of carboxylic acids is 1. The van der Waals surface area contributed by atoms with Crippen LogP contribution < -0.4 is 9.64 Å². The zero-order valence-electron chi connectivity index (χ0n) is 12.7. The van der Waals surface area contributed by atoms with Gasteiger partial charge in [0, 0.05) is 17.8 Å². The monoisotopic (exact) mass is 293 g/mol. The fraction of sp³-hybridized carbons (Fsp3) is 0.667. The van der Waals surface area contributed by atoms with Crippen LogP contribution in [0.25, 0.3) is 0 Å².